The Hall–Kier alpha value is -2.06. The van der Waals surface area contributed by atoms with Gasteiger partial charge in [-0.2, -0.15) is 8.78 Å². The average Bonchev–Trinajstić information content (AvgIpc) is 3.05. The molecule has 1 amide bonds. The van der Waals surface area contributed by atoms with Gasteiger partial charge in [0.1, 0.15) is 11.9 Å². The molecule has 4 nitrogen and oxygen atoms in total. The zero-order chi connectivity index (χ0) is 23.6. The molecule has 0 saturated heterocycles. The quantitative estimate of drug-likeness (QED) is 0.463. The highest BCUT2D eigenvalue weighted by Crippen LogP contribution is 2.43. The lowest BCUT2D eigenvalue weighted by Crippen LogP contribution is -2.47. The van der Waals surface area contributed by atoms with Gasteiger partial charge in [-0.1, -0.05) is 0 Å². The molecule has 0 radical (unpaired) electrons. The Morgan fingerprint density at radius 2 is 1.79 bits per heavy atom. The van der Waals surface area contributed by atoms with E-state index in [2.05, 4.69) is 10.1 Å². The van der Waals surface area contributed by atoms with Crippen LogP contribution in [-0.4, -0.2) is 30.6 Å². The summed E-state index contributed by atoms with van der Waals surface area (Å²) in [5.74, 6) is -3.18. The number of amides is 1. The van der Waals surface area contributed by atoms with Crippen LogP contribution >= 0.6 is 0 Å². The second-order valence-corrected chi connectivity index (χ2v) is 9.80. The maximum Gasteiger partial charge on any atom is 0.387 e. The van der Waals surface area contributed by atoms with E-state index in [9.17, 15) is 26.7 Å². The summed E-state index contributed by atoms with van der Waals surface area (Å²) in [6.45, 7) is -3.05. The summed E-state index contributed by atoms with van der Waals surface area (Å²) in [6, 6.07) is 3.19. The first-order valence-corrected chi connectivity index (χ1v) is 11.8. The molecule has 33 heavy (non-hydrogen) atoms. The fourth-order valence-electron chi connectivity index (χ4n) is 5.40. The normalized spacial score (nSPS) is 31.2. The molecule has 1 aromatic rings. The highest BCUT2D eigenvalue weighted by Gasteiger charge is 2.41. The largest absolute Gasteiger partial charge is 0.486 e. The minimum absolute atomic E-state index is 0.00886. The molecule has 1 aromatic carbocycles. The molecule has 1 unspecified atom stereocenters. The molecule has 0 aliphatic heterocycles. The lowest BCUT2D eigenvalue weighted by molar-refractivity contribution is -0.131. The van der Waals surface area contributed by atoms with Gasteiger partial charge in [-0.15, -0.1) is 0 Å². The van der Waals surface area contributed by atoms with Crippen LogP contribution in [0.2, 0.25) is 0 Å². The summed E-state index contributed by atoms with van der Waals surface area (Å²) in [4.78, 5) is 12.6. The van der Waals surface area contributed by atoms with Crippen molar-refractivity contribution in [2.24, 2.45) is 17.8 Å². The molecular weight excluding hydrogens is 445 g/mol. The topological polar surface area (TPSA) is 47.6 Å². The fourth-order valence-corrected chi connectivity index (χ4v) is 5.40. The number of rotatable bonds is 8. The van der Waals surface area contributed by atoms with E-state index in [-0.39, 0.29) is 54.2 Å². The van der Waals surface area contributed by atoms with Crippen LogP contribution in [0.5, 0.6) is 11.5 Å². The summed E-state index contributed by atoms with van der Waals surface area (Å²) in [5.41, 5.74) is 0. The number of carbonyl (C=O) groups is 1. The van der Waals surface area contributed by atoms with Gasteiger partial charge in [0.25, 0.3) is 0 Å². The molecule has 3 saturated carbocycles. The van der Waals surface area contributed by atoms with E-state index in [0.717, 1.165) is 50.3 Å². The Balaban J connectivity index is 1.17. The maximum atomic E-state index is 13.5. The van der Waals surface area contributed by atoms with Crippen LogP contribution in [0.1, 0.15) is 64.2 Å². The van der Waals surface area contributed by atoms with Crippen molar-refractivity contribution in [3.05, 3.63) is 24.0 Å². The summed E-state index contributed by atoms with van der Waals surface area (Å²) in [6.07, 6.45) is 5.54. The van der Waals surface area contributed by atoms with Crippen molar-refractivity contribution in [1.82, 2.24) is 5.32 Å². The third-order valence-corrected chi connectivity index (χ3v) is 7.25. The molecule has 1 N–H and O–H groups in total. The first kappa shape index (κ1) is 24.1. The van der Waals surface area contributed by atoms with E-state index in [4.69, 9.17) is 4.74 Å². The molecule has 9 heteroatoms. The second kappa shape index (κ2) is 10.1. The molecule has 0 spiro atoms. The summed E-state index contributed by atoms with van der Waals surface area (Å²) in [5, 5.41) is 3.08. The van der Waals surface area contributed by atoms with Crippen LogP contribution < -0.4 is 14.8 Å². The third kappa shape index (κ3) is 6.51. The first-order valence-electron chi connectivity index (χ1n) is 11.8. The second-order valence-electron chi connectivity index (χ2n) is 9.80. The van der Waals surface area contributed by atoms with Gasteiger partial charge in [0.05, 0.1) is 0 Å². The van der Waals surface area contributed by atoms with Gasteiger partial charge in [-0.3, -0.25) is 4.79 Å². The van der Waals surface area contributed by atoms with E-state index >= 15 is 0 Å². The van der Waals surface area contributed by atoms with Crippen molar-refractivity contribution in [2.45, 2.75) is 88.9 Å². The number of alkyl halides is 4. The molecule has 3 fully saturated rings. The first-order chi connectivity index (χ1) is 15.7. The predicted molar refractivity (Wildman–Crippen MR) is 111 cm³/mol. The van der Waals surface area contributed by atoms with Crippen molar-refractivity contribution in [2.75, 3.05) is 0 Å². The van der Waals surface area contributed by atoms with Gasteiger partial charge >= 0.3 is 6.61 Å². The molecule has 0 bridgehead atoms. The Labute approximate surface area is 190 Å². The molecule has 184 valence electrons. The summed E-state index contributed by atoms with van der Waals surface area (Å²) >= 11 is 0. The van der Waals surface area contributed by atoms with Gasteiger partial charge in [-0.05, 0) is 75.3 Å². The Kier molecular flexibility index (Phi) is 7.34. The number of hydrogen-bond donors (Lipinski definition) is 1. The Bertz CT molecular complexity index is 822. The minimum atomic E-state index is -3.05. The molecule has 0 heterocycles. The zero-order valence-corrected chi connectivity index (χ0v) is 18.4. The number of halogens is 5. The summed E-state index contributed by atoms with van der Waals surface area (Å²) in [7, 11) is 0. The van der Waals surface area contributed by atoms with Crippen molar-refractivity contribution in [1.29, 1.82) is 0 Å². The number of benzene rings is 1. The molecular formula is C24H30F5NO3. The van der Waals surface area contributed by atoms with E-state index in [1.807, 2.05) is 0 Å². The summed E-state index contributed by atoms with van der Waals surface area (Å²) < 4.78 is 75.3. The number of hydrogen-bond acceptors (Lipinski definition) is 3. The predicted octanol–water partition coefficient (Wildman–Crippen LogP) is 6.09. The highest BCUT2D eigenvalue weighted by molar-refractivity contribution is 5.80. The van der Waals surface area contributed by atoms with Crippen LogP contribution in [0.3, 0.4) is 0 Å². The van der Waals surface area contributed by atoms with Crippen molar-refractivity contribution < 1.29 is 36.2 Å². The van der Waals surface area contributed by atoms with Crippen LogP contribution in [-0.2, 0) is 4.79 Å². The van der Waals surface area contributed by atoms with Crippen LogP contribution in [0, 0.1) is 23.6 Å². The van der Waals surface area contributed by atoms with Crippen LogP contribution in [0.4, 0.5) is 22.0 Å². The van der Waals surface area contributed by atoms with E-state index < -0.39 is 18.4 Å². The molecule has 4 rings (SSSR count). The molecule has 1 atom stereocenters. The van der Waals surface area contributed by atoms with Crippen molar-refractivity contribution >= 4 is 5.91 Å². The standard InChI is InChI=1S/C24H30F5NO3/c25-17-3-6-20(33-23(26)27)21(12-17)32-19-10-16(11-19)22(31)30-18-4-1-14(2-5-18)9-15-7-8-24(28,29)13-15/h3,6,12,14-16,18-19,23H,1-2,4-5,7-11,13H2,(H,30,31)/t14-,15?,16-,18-,19-. The van der Waals surface area contributed by atoms with Gasteiger partial charge in [0.2, 0.25) is 11.8 Å². The highest BCUT2D eigenvalue weighted by atomic mass is 19.3. The lowest BCUT2D eigenvalue weighted by Gasteiger charge is -2.37. The number of carbonyl (C=O) groups excluding carboxylic acids is 1. The lowest BCUT2D eigenvalue weighted by atomic mass is 9.79. The Morgan fingerprint density at radius 3 is 2.42 bits per heavy atom. The van der Waals surface area contributed by atoms with E-state index in [1.54, 1.807) is 0 Å². The van der Waals surface area contributed by atoms with Crippen LogP contribution in [0.15, 0.2) is 18.2 Å². The SMILES string of the molecule is O=C(N[C@H]1CC[C@H](CC2CCC(F)(F)C2)CC1)[C@H]1C[C@H](Oc2cc(F)ccc2OC(F)F)C1. The maximum absolute atomic E-state index is 13.5. The molecule has 3 aliphatic carbocycles. The molecule has 3 aliphatic rings. The fraction of sp³-hybridized carbons (Fsp3) is 0.708. The van der Waals surface area contributed by atoms with E-state index in [0.29, 0.717) is 25.2 Å². The van der Waals surface area contributed by atoms with Crippen molar-refractivity contribution in [3.63, 3.8) is 0 Å². The van der Waals surface area contributed by atoms with Gasteiger partial charge in [0, 0.05) is 30.9 Å². The average molecular weight is 475 g/mol. The Morgan fingerprint density at radius 1 is 1.06 bits per heavy atom. The van der Waals surface area contributed by atoms with Gasteiger partial charge in [0.15, 0.2) is 11.5 Å². The van der Waals surface area contributed by atoms with Gasteiger partial charge < -0.3 is 14.8 Å². The smallest absolute Gasteiger partial charge is 0.387 e. The number of ether oxygens (including phenoxy) is 2. The minimum Gasteiger partial charge on any atom is -0.486 e. The zero-order valence-electron chi connectivity index (χ0n) is 18.4. The third-order valence-electron chi connectivity index (χ3n) is 7.25. The van der Waals surface area contributed by atoms with Crippen LogP contribution in [0.25, 0.3) is 0 Å². The monoisotopic (exact) mass is 475 g/mol. The van der Waals surface area contributed by atoms with E-state index in [1.165, 1.54) is 0 Å². The van der Waals surface area contributed by atoms with Gasteiger partial charge in [-0.25, -0.2) is 13.2 Å². The number of nitrogens with one attached hydrogen (secondary N) is 1. The van der Waals surface area contributed by atoms with Crippen molar-refractivity contribution in [3.8, 4) is 11.5 Å². The molecule has 0 aromatic heterocycles.